The summed E-state index contributed by atoms with van der Waals surface area (Å²) < 4.78 is 27.6. The van der Waals surface area contributed by atoms with Crippen molar-refractivity contribution >= 4 is 29.8 Å². The molecule has 0 bridgehead atoms. The number of nitrogens with zero attached hydrogens (tertiary/aromatic N) is 3. The van der Waals surface area contributed by atoms with Crippen LogP contribution < -0.4 is 0 Å². The van der Waals surface area contributed by atoms with Crippen LogP contribution in [0.25, 0.3) is 0 Å². The Morgan fingerprint density at radius 1 is 0.531 bits per heavy atom. The number of esters is 5. The monoisotopic (exact) mass is 703 g/mol. The molecular formula is C35H65N3O11. The van der Waals surface area contributed by atoms with Gasteiger partial charge in [0, 0.05) is 25.7 Å². The zero-order valence-corrected chi connectivity index (χ0v) is 32.8. The van der Waals surface area contributed by atoms with Gasteiger partial charge < -0.3 is 28.8 Å². The first-order valence-electron chi connectivity index (χ1n) is 16.7. The van der Waals surface area contributed by atoms with Gasteiger partial charge in [-0.3, -0.25) is 38.7 Å². The van der Waals surface area contributed by atoms with Crippen molar-refractivity contribution < 1.29 is 52.8 Å². The molecule has 0 fully saturated rings. The summed E-state index contributed by atoms with van der Waals surface area (Å²) in [6.07, 6.45) is 0. The summed E-state index contributed by atoms with van der Waals surface area (Å²) in [5.74, 6) is -2.76. The predicted octanol–water partition coefficient (Wildman–Crippen LogP) is 3.17. The average Bonchev–Trinajstić information content (AvgIpc) is 2.82. The molecule has 14 heteroatoms. The lowest BCUT2D eigenvalue weighted by atomic mass is 9.97. The first kappa shape index (κ1) is 46.2. The van der Waals surface area contributed by atoms with Crippen LogP contribution in [0.15, 0.2) is 0 Å². The van der Waals surface area contributed by atoms with E-state index in [9.17, 15) is 29.1 Å². The minimum atomic E-state index is -0.819. The van der Waals surface area contributed by atoms with Gasteiger partial charge in [-0.05, 0) is 104 Å². The first-order chi connectivity index (χ1) is 21.9. The Hall–Kier alpha value is -2.81. The third-order valence-corrected chi connectivity index (χ3v) is 5.97. The Morgan fingerprint density at radius 2 is 0.857 bits per heavy atom. The van der Waals surface area contributed by atoms with E-state index in [0.29, 0.717) is 0 Å². The van der Waals surface area contributed by atoms with Gasteiger partial charge in [0.25, 0.3) is 0 Å². The van der Waals surface area contributed by atoms with Crippen molar-refractivity contribution in [1.29, 1.82) is 0 Å². The third kappa shape index (κ3) is 24.1. The number of aliphatic hydroxyl groups excluding tert-OH is 1. The summed E-state index contributed by atoms with van der Waals surface area (Å²) in [4.78, 5) is 68.9. The Bertz CT molecular complexity index is 1060. The number of carbonyl (C=O) groups is 5. The van der Waals surface area contributed by atoms with E-state index in [1.165, 1.54) is 4.90 Å². The molecule has 0 aliphatic rings. The largest absolute Gasteiger partial charge is 0.459 e. The lowest BCUT2D eigenvalue weighted by Gasteiger charge is -2.35. The molecule has 1 atom stereocenters. The second-order valence-corrected chi connectivity index (χ2v) is 17.2. The molecule has 49 heavy (non-hydrogen) atoms. The van der Waals surface area contributed by atoms with Crippen molar-refractivity contribution in [1.82, 2.24) is 14.7 Å². The van der Waals surface area contributed by atoms with Crippen LogP contribution in [-0.2, 0) is 47.7 Å². The van der Waals surface area contributed by atoms with E-state index in [1.807, 2.05) is 0 Å². The second kappa shape index (κ2) is 19.0. The fourth-order valence-electron chi connectivity index (χ4n) is 4.17. The highest BCUT2D eigenvalue weighted by molar-refractivity contribution is 5.76. The number of hydrogen-bond donors (Lipinski definition) is 1. The molecular weight excluding hydrogens is 638 g/mol. The van der Waals surface area contributed by atoms with Crippen LogP contribution in [0, 0.1) is 5.41 Å². The lowest BCUT2D eigenvalue weighted by Crippen LogP contribution is -2.52. The molecule has 1 unspecified atom stereocenters. The van der Waals surface area contributed by atoms with Gasteiger partial charge in [0.15, 0.2) is 0 Å². The van der Waals surface area contributed by atoms with Crippen LogP contribution in [-0.4, -0.2) is 137 Å². The van der Waals surface area contributed by atoms with Gasteiger partial charge in [0.1, 0.15) is 29.1 Å². The number of aliphatic hydroxyl groups is 1. The lowest BCUT2D eigenvalue weighted by molar-refractivity contribution is -0.167. The van der Waals surface area contributed by atoms with Crippen LogP contribution in [0.5, 0.6) is 0 Å². The standard InChI is InChI=1S/C35H65N3O11/c1-31(2,3)30(44)45-24-38(22-29(43)49-35(13,14)15)25(23-39)18-36(19-26(40)46-32(4,5)6)16-17-37(20-27(41)47-33(7,8)9)21-28(42)48-34(10,11)12/h25,39H,16-24H2,1-15H3. The van der Waals surface area contributed by atoms with E-state index in [1.54, 1.807) is 114 Å². The maximum absolute atomic E-state index is 13.0. The molecule has 0 radical (unpaired) electrons. The third-order valence-electron chi connectivity index (χ3n) is 5.97. The summed E-state index contributed by atoms with van der Waals surface area (Å²) in [7, 11) is 0. The van der Waals surface area contributed by atoms with Crippen LogP contribution in [0.4, 0.5) is 0 Å². The zero-order chi connectivity index (χ0) is 38.6. The van der Waals surface area contributed by atoms with Crippen LogP contribution >= 0.6 is 0 Å². The highest BCUT2D eigenvalue weighted by Crippen LogP contribution is 2.17. The van der Waals surface area contributed by atoms with Crippen molar-refractivity contribution in [2.24, 2.45) is 5.41 Å². The summed E-state index contributed by atoms with van der Waals surface area (Å²) in [5, 5.41) is 10.6. The van der Waals surface area contributed by atoms with Crippen molar-refractivity contribution in [3.05, 3.63) is 0 Å². The number of hydrogen-bond acceptors (Lipinski definition) is 14. The number of carbonyl (C=O) groups excluding carboxylic acids is 5. The van der Waals surface area contributed by atoms with Gasteiger partial charge in [-0.1, -0.05) is 0 Å². The van der Waals surface area contributed by atoms with Gasteiger partial charge in [-0.2, -0.15) is 0 Å². The molecule has 0 amide bonds. The number of ether oxygens (including phenoxy) is 5. The first-order valence-corrected chi connectivity index (χ1v) is 16.7. The molecule has 0 aromatic carbocycles. The van der Waals surface area contributed by atoms with E-state index in [4.69, 9.17) is 23.7 Å². The van der Waals surface area contributed by atoms with Gasteiger partial charge in [-0.25, -0.2) is 0 Å². The van der Waals surface area contributed by atoms with E-state index in [2.05, 4.69) is 0 Å². The van der Waals surface area contributed by atoms with Crippen LogP contribution in [0.2, 0.25) is 0 Å². The molecule has 0 saturated heterocycles. The average molecular weight is 704 g/mol. The summed E-state index contributed by atoms with van der Waals surface area (Å²) >= 11 is 0. The zero-order valence-electron chi connectivity index (χ0n) is 32.8. The molecule has 1 N–H and O–H groups in total. The minimum Gasteiger partial charge on any atom is -0.459 e. The fraction of sp³-hybridized carbons (Fsp3) is 0.857. The molecule has 0 aliphatic carbocycles. The molecule has 0 spiro atoms. The molecule has 0 heterocycles. The molecule has 0 rings (SSSR count). The van der Waals surface area contributed by atoms with E-state index < -0.39 is 70.3 Å². The van der Waals surface area contributed by atoms with Gasteiger partial charge in [0.2, 0.25) is 0 Å². The van der Waals surface area contributed by atoms with Gasteiger partial charge in [0.05, 0.1) is 38.2 Å². The molecule has 0 aromatic rings. The Labute approximate surface area is 294 Å². The van der Waals surface area contributed by atoms with Gasteiger partial charge in [-0.15, -0.1) is 0 Å². The Morgan fingerprint density at radius 3 is 1.18 bits per heavy atom. The predicted molar refractivity (Wildman–Crippen MR) is 184 cm³/mol. The van der Waals surface area contributed by atoms with Crippen molar-refractivity contribution in [2.75, 3.05) is 59.2 Å². The quantitative estimate of drug-likeness (QED) is 0.134. The van der Waals surface area contributed by atoms with Crippen molar-refractivity contribution in [3.8, 4) is 0 Å². The normalized spacial score (nSPS) is 13.7. The summed E-state index contributed by atoms with van der Waals surface area (Å²) in [6.45, 7) is 24.4. The maximum Gasteiger partial charge on any atom is 0.320 e. The fourth-order valence-corrected chi connectivity index (χ4v) is 4.17. The minimum absolute atomic E-state index is 0.0122. The highest BCUT2D eigenvalue weighted by atomic mass is 16.6. The second-order valence-electron chi connectivity index (χ2n) is 17.2. The number of rotatable bonds is 17. The Kier molecular flexibility index (Phi) is 17.9. The molecule has 0 aromatic heterocycles. The highest BCUT2D eigenvalue weighted by Gasteiger charge is 2.31. The van der Waals surface area contributed by atoms with Crippen molar-refractivity contribution in [2.45, 2.75) is 132 Å². The Balaban J connectivity index is 6.40. The topological polar surface area (TPSA) is 161 Å². The molecule has 0 aliphatic heterocycles. The summed E-state index contributed by atoms with van der Waals surface area (Å²) in [5.41, 5.74) is -3.88. The van der Waals surface area contributed by atoms with Crippen molar-refractivity contribution in [3.63, 3.8) is 0 Å². The maximum atomic E-state index is 13.0. The molecule has 0 saturated carbocycles. The summed E-state index contributed by atoms with van der Waals surface area (Å²) in [6, 6.07) is -0.812. The van der Waals surface area contributed by atoms with E-state index in [0.717, 1.165) is 0 Å². The van der Waals surface area contributed by atoms with Crippen LogP contribution in [0.1, 0.15) is 104 Å². The van der Waals surface area contributed by atoms with E-state index in [-0.39, 0.29) is 52.5 Å². The van der Waals surface area contributed by atoms with Gasteiger partial charge >= 0.3 is 29.8 Å². The van der Waals surface area contributed by atoms with Crippen LogP contribution in [0.3, 0.4) is 0 Å². The SMILES string of the molecule is CC(C)(C)OC(=O)CN(CCN(CC(=O)OC(C)(C)C)CC(CO)N(COC(=O)C(C)(C)C)CC(=O)OC(C)(C)C)CC(=O)OC(C)(C)C. The van der Waals surface area contributed by atoms with E-state index >= 15 is 0 Å². The molecule has 14 nitrogen and oxygen atoms in total. The molecule has 286 valence electrons. The smallest absolute Gasteiger partial charge is 0.320 e.